The fraction of sp³-hybridized carbons (Fsp3) is 1.00. The number of hydrogen-bond acceptors (Lipinski definition) is 2. The first-order chi connectivity index (χ1) is 3.83. The summed E-state index contributed by atoms with van der Waals surface area (Å²) < 4.78 is 4.44. The van der Waals surface area contributed by atoms with Crippen LogP contribution in [0.3, 0.4) is 0 Å². The molecule has 0 unspecified atom stereocenters. The third-order valence-electron chi connectivity index (χ3n) is 0.295. The van der Waals surface area contributed by atoms with Gasteiger partial charge in [-0.2, -0.15) is 0 Å². The summed E-state index contributed by atoms with van der Waals surface area (Å²) in [5.74, 6) is 0. The van der Waals surface area contributed by atoms with E-state index in [-0.39, 0.29) is 6.61 Å². The average Bonchev–Trinajstić information content (AvgIpc) is 1.71. The summed E-state index contributed by atoms with van der Waals surface area (Å²) in [5.41, 5.74) is 0. The average molecular weight is 120 g/mol. The Kier molecular flexibility index (Phi) is 21.3. The molecule has 0 aliphatic rings. The van der Waals surface area contributed by atoms with Gasteiger partial charge in [0, 0.05) is 7.11 Å². The summed E-state index contributed by atoms with van der Waals surface area (Å²) in [4.78, 5) is 0. The van der Waals surface area contributed by atoms with E-state index in [0.717, 1.165) is 0 Å². The van der Waals surface area contributed by atoms with Crippen LogP contribution in [0.2, 0.25) is 0 Å². The summed E-state index contributed by atoms with van der Waals surface area (Å²) in [6.07, 6.45) is 1.25. The standard InChI is InChI=1S/C3H8O2.C3H8/c1-5-3-2-4;1-3-2/h4H,2-3H2,1H3;3H2,1-2H3. The van der Waals surface area contributed by atoms with Gasteiger partial charge in [0.2, 0.25) is 0 Å². The number of ether oxygens (including phenoxy) is 1. The van der Waals surface area contributed by atoms with Crippen molar-refractivity contribution in [2.24, 2.45) is 0 Å². The van der Waals surface area contributed by atoms with E-state index in [1.165, 1.54) is 6.42 Å². The van der Waals surface area contributed by atoms with Gasteiger partial charge in [0.1, 0.15) is 0 Å². The Morgan fingerprint density at radius 1 is 1.38 bits per heavy atom. The highest BCUT2D eigenvalue weighted by molar-refractivity contribution is 4.12. The van der Waals surface area contributed by atoms with Gasteiger partial charge in [-0.1, -0.05) is 20.3 Å². The normalized spacial score (nSPS) is 7.50. The summed E-state index contributed by atoms with van der Waals surface area (Å²) >= 11 is 0. The van der Waals surface area contributed by atoms with Crippen molar-refractivity contribution in [2.45, 2.75) is 20.3 Å². The van der Waals surface area contributed by atoms with Crippen LogP contribution in [-0.2, 0) is 4.74 Å². The molecule has 8 heavy (non-hydrogen) atoms. The van der Waals surface area contributed by atoms with Crippen molar-refractivity contribution in [3.63, 3.8) is 0 Å². The molecule has 2 nitrogen and oxygen atoms in total. The number of hydrogen-bond donors (Lipinski definition) is 1. The molecule has 0 spiro atoms. The lowest BCUT2D eigenvalue weighted by molar-refractivity contribution is 0.135. The highest BCUT2D eigenvalue weighted by Gasteiger charge is 1.67. The van der Waals surface area contributed by atoms with Crippen molar-refractivity contribution in [3.8, 4) is 0 Å². The van der Waals surface area contributed by atoms with Crippen molar-refractivity contribution >= 4 is 0 Å². The second-order valence-electron chi connectivity index (χ2n) is 1.42. The molecule has 0 bridgehead atoms. The van der Waals surface area contributed by atoms with Crippen LogP contribution in [-0.4, -0.2) is 25.4 Å². The van der Waals surface area contributed by atoms with Gasteiger partial charge in [0.25, 0.3) is 0 Å². The molecular weight excluding hydrogens is 104 g/mol. The van der Waals surface area contributed by atoms with Crippen LogP contribution in [0.4, 0.5) is 0 Å². The van der Waals surface area contributed by atoms with Gasteiger partial charge in [-0.05, 0) is 0 Å². The number of aliphatic hydroxyl groups excluding tert-OH is 1. The zero-order valence-corrected chi connectivity index (χ0v) is 5.98. The Hall–Kier alpha value is -0.0800. The first kappa shape index (κ1) is 10.8. The smallest absolute Gasteiger partial charge is 0.0693 e. The topological polar surface area (TPSA) is 29.5 Å². The van der Waals surface area contributed by atoms with Crippen LogP contribution in [0.5, 0.6) is 0 Å². The van der Waals surface area contributed by atoms with Crippen molar-refractivity contribution in [1.82, 2.24) is 0 Å². The predicted molar refractivity (Wildman–Crippen MR) is 34.9 cm³/mol. The number of rotatable bonds is 2. The van der Waals surface area contributed by atoms with Crippen molar-refractivity contribution in [2.75, 3.05) is 20.3 Å². The Balaban J connectivity index is 0. The van der Waals surface area contributed by atoms with E-state index in [4.69, 9.17) is 5.11 Å². The minimum absolute atomic E-state index is 0.122. The Labute approximate surface area is 51.5 Å². The zero-order chi connectivity index (χ0) is 6.83. The maximum atomic E-state index is 7.94. The maximum absolute atomic E-state index is 7.94. The summed E-state index contributed by atoms with van der Waals surface area (Å²) in [6.45, 7) is 4.82. The molecule has 2 heteroatoms. The summed E-state index contributed by atoms with van der Waals surface area (Å²) in [7, 11) is 1.55. The van der Waals surface area contributed by atoms with E-state index >= 15 is 0 Å². The number of methoxy groups -OCH3 is 1. The van der Waals surface area contributed by atoms with Gasteiger partial charge in [0.05, 0.1) is 13.2 Å². The van der Waals surface area contributed by atoms with E-state index in [9.17, 15) is 0 Å². The van der Waals surface area contributed by atoms with Crippen molar-refractivity contribution in [1.29, 1.82) is 0 Å². The summed E-state index contributed by atoms with van der Waals surface area (Å²) in [5, 5.41) is 7.94. The van der Waals surface area contributed by atoms with E-state index in [2.05, 4.69) is 18.6 Å². The molecule has 0 aromatic carbocycles. The van der Waals surface area contributed by atoms with Gasteiger partial charge >= 0.3 is 0 Å². The van der Waals surface area contributed by atoms with Gasteiger partial charge in [-0.15, -0.1) is 0 Å². The Morgan fingerprint density at radius 2 is 1.75 bits per heavy atom. The van der Waals surface area contributed by atoms with Crippen LogP contribution in [0.1, 0.15) is 20.3 Å². The monoisotopic (exact) mass is 120 g/mol. The lowest BCUT2D eigenvalue weighted by atomic mass is 10.6. The van der Waals surface area contributed by atoms with Crippen molar-refractivity contribution in [3.05, 3.63) is 0 Å². The molecule has 0 heterocycles. The Morgan fingerprint density at radius 3 is 1.75 bits per heavy atom. The van der Waals surface area contributed by atoms with E-state index in [1.54, 1.807) is 7.11 Å². The molecule has 1 N–H and O–H groups in total. The minimum Gasteiger partial charge on any atom is -0.394 e. The lowest BCUT2D eigenvalue weighted by Gasteiger charge is -1.84. The molecule has 0 aliphatic heterocycles. The zero-order valence-electron chi connectivity index (χ0n) is 5.98. The molecule has 0 aromatic heterocycles. The lowest BCUT2D eigenvalue weighted by Crippen LogP contribution is -1.91. The van der Waals surface area contributed by atoms with Crippen LogP contribution in [0, 0.1) is 0 Å². The molecular formula is C6H16O2. The van der Waals surface area contributed by atoms with E-state index in [1.807, 2.05) is 0 Å². The molecule has 0 aliphatic carbocycles. The van der Waals surface area contributed by atoms with Crippen molar-refractivity contribution < 1.29 is 9.84 Å². The van der Waals surface area contributed by atoms with Gasteiger partial charge in [0.15, 0.2) is 0 Å². The molecule has 0 saturated carbocycles. The van der Waals surface area contributed by atoms with Gasteiger partial charge in [-0.3, -0.25) is 0 Å². The summed E-state index contributed by atoms with van der Waals surface area (Å²) in [6, 6.07) is 0. The van der Waals surface area contributed by atoms with Crippen LogP contribution >= 0.6 is 0 Å². The fourth-order valence-corrected chi connectivity index (χ4v) is 0.0913. The first-order valence-electron chi connectivity index (χ1n) is 2.93. The van der Waals surface area contributed by atoms with Crippen LogP contribution in [0.25, 0.3) is 0 Å². The van der Waals surface area contributed by atoms with Crippen LogP contribution in [0.15, 0.2) is 0 Å². The largest absolute Gasteiger partial charge is 0.394 e. The predicted octanol–water partition coefficient (Wildman–Crippen LogP) is 1.04. The van der Waals surface area contributed by atoms with Crippen LogP contribution < -0.4 is 0 Å². The highest BCUT2D eigenvalue weighted by atomic mass is 16.5. The maximum Gasteiger partial charge on any atom is 0.0693 e. The molecule has 0 atom stereocenters. The Bertz CT molecular complexity index is 20.5. The first-order valence-corrected chi connectivity index (χ1v) is 2.93. The SMILES string of the molecule is CCC.COCCO. The third-order valence-corrected chi connectivity index (χ3v) is 0.295. The van der Waals surface area contributed by atoms with Gasteiger partial charge < -0.3 is 9.84 Å². The molecule has 0 saturated heterocycles. The van der Waals surface area contributed by atoms with Gasteiger partial charge in [-0.25, -0.2) is 0 Å². The second-order valence-corrected chi connectivity index (χ2v) is 1.42. The molecule has 0 amide bonds. The molecule has 52 valence electrons. The number of aliphatic hydroxyl groups is 1. The minimum atomic E-state index is 0.122. The van der Waals surface area contributed by atoms with E-state index < -0.39 is 0 Å². The quantitative estimate of drug-likeness (QED) is 0.590. The van der Waals surface area contributed by atoms with E-state index in [0.29, 0.717) is 6.61 Å². The molecule has 0 rings (SSSR count). The second kappa shape index (κ2) is 15.8. The molecule has 0 fully saturated rings. The highest BCUT2D eigenvalue weighted by Crippen LogP contribution is 1.56. The molecule has 0 radical (unpaired) electrons. The molecule has 0 aromatic rings. The fourth-order valence-electron chi connectivity index (χ4n) is 0.0913. The third kappa shape index (κ3) is 38.9.